The van der Waals surface area contributed by atoms with Crippen LogP contribution in [0.15, 0.2) is 35.1 Å². The maximum Gasteiger partial charge on any atom is 0.261 e. The minimum atomic E-state index is -1.05. The number of hydrogen-bond donors (Lipinski definition) is 1. The molecule has 2 saturated heterocycles. The van der Waals surface area contributed by atoms with Gasteiger partial charge < -0.3 is 14.4 Å². The standard InChI is InChI=1S/C19H23NO5/c1-16(2,3)19-17(4,5)11-22-18(19,24-25-19)12-6-7-13(15(21)10-12)14-8-9-23-20-14/h6-10,21H,11H2,1-5H3. The molecule has 25 heavy (non-hydrogen) atoms. The number of ether oxygens (including phenoxy) is 1. The minimum absolute atomic E-state index is 0.0902. The second kappa shape index (κ2) is 4.84. The molecule has 6 heteroatoms. The highest BCUT2D eigenvalue weighted by molar-refractivity contribution is 5.67. The third kappa shape index (κ3) is 1.87. The van der Waals surface area contributed by atoms with Crippen LogP contribution in [0, 0.1) is 10.8 Å². The first-order valence-corrected chi connectivity index (χ1v) is 8.40. The Hall–Kier alpha value is -1.89. The van der Waals surface area contributed by atoms with Crippen LogP contribution in [-0.4, -0.2) is 22.5 Å². The molecule has 2 atom stereocenters. The summed E-state index contributed by atoms with van der Waals surface area (Å²) in [6.07, 6.45) is 1.47. The molecule has 1 aromatic heterocycles. The molecule has 0 saturated carbocycles. The lowest BCUT2D eigenvalue weighted by atomic mass is 9.57. The Labute approximate surface area is 146 Å². The van der Waals surface area contributed by atoms with Gasteiger partial charge in [0.25, 0.3) is 5.79 Å². The molecule has 0 amide bonds. The highest BCUT2D eigenvalue weighted by Gasteiger charge is 2.81. The molecule has 134 valence electrons. The van der Waals surface area contributed by atoms with E-state index in [4.69, 9.17) is 19.0 Å². The van der Waals surface area contributed by atoms with E-state index in [1.165, 1.54) is 6.26 Å². The average Bonchev–Trinajstić information content (AvgIpc) is 3.03. The molecule has 2 aliphatic heterocycles. The zero-order valence-electron chi connectivity index (χ0n) is 15.1. The summed E-state index contributed by atoms with van der Waals surface area (Å²) >= 11 is 0. The monoisotopic (exact) mass is 345 g/mol. The summed E-state index contributed by atoms with van der Waals surface area (Å²) in [4.78, 5) is 11.4. The van der Waals surface area contributed by atoms with Crippen LogP contribution in [0.3, 0.4) is 0 Å². The predicted molar refractivity (Wildman–Crippen MR) is 89.4 cm³/mol. The molecule has 2 aromatic rings. The van der Waals surface area contributed by atoms with Crippen molar-refractivity contribution in [3.8, 4) is 17.0 Å². The van der Waals surface area contributed by atoms with Gasteiger partial charge in [0.1, 0.15) is 17.7 Å². The average molecular weight is 345 g/mol. The van der Waals surface area contributed by atoms with E-state index >= 15 is 0 Å². The van der Waals surface area contributed by atoms with Crippen molar-refractivity contribution in [1.82, 2.24) is 5.16 Å². The van der Waals surface area contributed by atoms with Crippen LogP contribution in [0.5, 0.6) is 5.75 Å². The van der Waals surface area contributed by atoms with Gasteiger partial charge in [-0.15, -0.1) is 0 Å². The number of aromatic nitrogens is 1. The number of nitrogens with zero attached hydrogens (tertiary/aromatic N) is 1. The Morgan fingerprint density at radius 3 is 2.40 bits per heavy atom. The van der Waals surface area contributed by atoms with Gasteiger partial charge in [0.2, 0.25) is 0 Å². The summed E-state index contributed by atoms with van der Waals surface area (Å²) in [7, 11) is 0. The zero-order valence-corrected chi connectivity index (χ0v) is 15.1. The molecular formula is C19H23NO5. The van der Waals surface area contributed by atoms with E-state index in [1.807, 2.05) is 6.07 Å². The Bertz CT molecular complexity index is 808. The molecule has 2 unspecified atom stereocenters. The number of fused-ring (bicyclic) bond motifs is 1. The first kappa shape index (κ1) is 16.6. The number of hydrogen-bond acceptors (Lipinski definition) is 6. The third-order valence-corrected chi connectivity index (χ3v) is 5.48. The van der Waals surface area contributed by atoms with E-state index < -0.39 is 11.4 Å². The van der Waals surface area contributed by atoms with Crippen LogP contribution < -0.4 is 0 Å². The number of benzene rings is 1. The summed E-state index contributed by atoms with van der Waals surface area (Å²) in [5, 5.41) is 14.4. The zero-order chi connectivity index (χ0) is 18.1. The van der Waals surface area contributed by atoms with Crippen LogP contribution in [0.1, 0.15) is 40.2 Å². The second-order valence-electron chi connectivity index (χ2n) is 8.50. The van der Waals surface area contributed by atoms with Crippen LogP contribution in [0.2, 0.25) is 0 Å². The number of phenols is 1. The van der Waals surface area contributed by atoms with Crippen molar-refractivity contribution in [2.75, 3.05) is 6.61 Å². The summed E-state index contributed by atoms with van der Waals surface area (Å²) in [5.41, 5.74) is 0.712. The van der Waals surface area contributed by atoms with Crippen molar-refractivity contribution in [1.29, 1.82) is 0 Å². The Morgan fingerprint density at radius 1 is 1.12 bits per heavy atom. The summed E-state index contributed by atoms with van der Waals surface area (Å²) in [5.74, 6) is -0.957. The number of aromatic hydroxyl groups is 1. The molecular weight excluding hydrogens is 322 g/mol. The molecule has 0 spiro atoms. The SMILES string of the molecule is CC(C)(C)C12OOC1(c1ccc(-c3ccon3)c(O)c1)OCC2(C)C. The molecule has 0 bridgehead atoms. The van der Waals surface area contributed by atoms with E-state index in [2.05, 4.69) is 39.8 Å². The fourth-order valence-corrected chi connectivity index (χ4v) is 4.54. The van der Waals surface area contributed by atoms with Gasteiger partial charge in [0.05, 0.1) is 6.61 Å². The molecule has 0 radical (unpaired) electrons. The van der Waals surface area contributed by atoms with Crippen molar-refractivity contribution in [3.05, 3.63) is 36.1 Å². The highest BCUT2D eigenvalue weighted by Crippen LogP contribution is 2.69. The first-order chi connectivity index (χ1) is 11.6. The summed E-state index contributed by atoms with van der Waals surface area (Å²) in [6, 6.07) is 7.04. The van der Waals surface area contributed by atoms with Gasteiger partial charge in [-0.2, -0.15) is 4.89 Å². The first-order valence-electron chi connectivity index (χ1n) is 8.40. The minimum Gasteiger partial charge on any atom is -0.507 e. The van der Waals surface area contributed by atoms with Gasteiger partial charge >= 0.3 is 0 Å². The lowest BCUT2D eigenvalue weighted by molar-refractivity contribution is -0.626. The quantitative estimate of drug-likeness (QED) is 0.829. The molecule has 4 rings (SSSR count). The lowest BCUT2D eigenvalue weighted by Gasteiger charge is -2.61. The van der Waals surface area contributed by atoms with Crippen molar-refractivity contribution in [2.24, 2.45) is 10.8 Å². The molecule has 2 fully saturated rings. The van der Waals surface area contributed by atoms with Crippen molar-refractivity contribution >= 4 is 0 Å². The van der Waals surface area contributed by atoms with Crippen molar-refractivity contribution in [2.45, 2.75) is 46.0 Å². The number of rotatable bonds is 2. The van der Waals surface area contributed by atoms with Gasteiger partial charge in [-0.05, 0) is 12.1 Å². The molecule has 2 aliphatic rings. The number of phenolic OH excluding ortho intramolecular Hbond substituents is 1. The Balaban J connectivity index is 1.83. The molecule has 3 heterocycles. The largest absolute Gasteiger partial charge is 0.507 e. The molecule has 1 aromatic carbocycles. The van der Waals surface area contributed by atoms with E-state index in [1.54, 1.807) is 18.2 Å². The second-order valence-corrected chi connectivity index (χ2v) is 8.50. The van der Waals surface area contributed by atoms with Crippen LogP contribution >= 0.6 is 0 Å². The van der Waals surface area contributed by atoms with Crippen molar-refractivity contribution < 1.29 is 24.1 Å². The molecule has 6 nitrogen and oxygen atoms in total. The molecule has 1 N–H and O–H groups in total. The molecule has 0 aliphatic carbocycles. The smallest absolute Gasteiger partial charge is 0.261 e. The van der Waals surface area contributed by atoms with Gasteiger partial charge in [-0.3, -0.25) is 0 Å². The Morgan fingerprint density at radius 2 is 1.88 bits per heavy atom. The predicted octanol–water partition coefficient (Wildman–Crippen LogP) is 4.00. The lowest BCUT2D eigenvalue weighted by Crippen LogP contribution is -2.72. The van der Waals surface area contributed by atoms with Crippen LogP contribution in [0.4, 0.5) is 0 Å². The fourth-order valence-electron chi connectivity index (χ4n) is 4.54. The van der Waals surface area contributed by atoms with Gasteiger partial charge in [-0.1, -0.05) is 45.8 Å². The Kier molecular flexibility index (Phi) is 3.21. The fraction of sp³-hybridized carbons (Fsp3) is 0.526. The van der Waals surface area contributed by atoms with E-state index in [0.717, 1.165) is 5.56 Å². The van der Waals surface area contributed by atoms with E-state index in [0.29, 0.717) is 17.9 Å². The maximum absolute atomic E-state index is 10.5. The summed E-state index contributed by atoms with van der Waals surface area (Å²) in [6.45, 7) is 11.1. The topological polar surface area (TPSA) is 74.0 Å². The highest BCUT2D eigenvalue weighted by atomic mass is 17.3. The van der Waals surface area contributed by atoms with Gasteiger partial charge in [0, 0.05) is 28.0 Å². The van der Waals surface area contributed by atoms with E-state index in [-0.39, 0.29) is 16.6 Å². The normalized spacial score (nSPS) is 30.8. The van der Waals surface area contributed by atoms with Gasteiger partial charge in [0.15, 0.2) is 5.60 Å². The van der Waals surface area contributed by atoms with Crippen molar-refractivity contribution in [3.63, 3.8) is 0 Å². The third-order valence-electron chi connectivity index (χ3n) is 5.48. The maximum atomic E-state index is 10.5. The van der Waals surface area contributed by atoms with Gasteiger partial charge in [-0.25, -0.2) is 4.89 Å². The van der Waals surface area contributed by atoms with E-state index in [9.17, 15) is 5.11 Å². The van der Waals surface area contributed by atoms with Crippen LogP contribution in [0.25, 0.3) is 11.3 Å². The van der Waals surface area contributed by atoms with Crippen LogP contribution in [-0.2, 0) is 20.3 Å². The summed E-state index contributed by atoms with van der Waals surface area (Å²) < 4.78 is 11.0.